The highest BCUT2D eigenvalue weighted by Crippen LogP contribution is 2.16. The molecule has 1 aromatic carbocycles. The predicted octanol–water partition coefficient (Wildman–Crippen LogP) is 2.18. The average Bonchev–Trinajstić information content (AvgIpc) is 2.15. The van der Waals surface area contributed by atoms with Crippen LogP contribution in [0.15, 0.2) is 33.7 Å². The van der Waals surface area contributed by atoms with Gasteiger partial charge < -0.3 is 4.90 Å². The number of hydrogen-bond donors (Lipinski definition) is 0. The molecule has 14 heavy (non-hydrogen) atoms. The molecule has 1 amide bonds. The molecule has 0 fully saturated rings. The Kier molecular flexibility index (Phi) is 3.83. The van der Waals surface area contributed by atoms with Crippen molar-refractivity contribution >= 4 is 28.2 Å². The van der Waals surface area contributed by atoms with Gasteiger partial charge in [0.15, 0.2) is 0 Å². The molecule has 0 unspecified atom stereocenters. The lowest BCUT2D eigenvalue weighted by molar-refractivity contribution is 0.100. The fourth-order valence-corrected chi connectivity index (χ4v) is 1.33. The number of rotatable bonds is 2. The summed E-state index contributed by atoms with van der Waals surface area (Å²) in [5, 5.41) is 0. The van der Waals surface area contributed by atoms with Crippen LogP contribution in [0.4, 0.5) is 0 Å². The van der Waals surface area contributed by atoms with E-state index in [1.54, 1.807) is 11.0 Å². The van der Waals surface area contributed by atoms with Gasteiger partial charge in [0.25, 0.3) is 5.91 Å². The molecule has 1 rings (SSSR count). The molecule has 4 heteroatoms. The largest absolute Gasteiger partial charge is 0.369 e. The minimum absolute atomic E-state index is 0.244. The zero-order valence-electron chi connectivity index (χ0n) is 8.07. The summed E-state index contributed by atoms with van der Waals surface area (Å²) in [6, 6.07) is 7.22. The number of carbonyl (C=O) groups is 1. The van der Waals surface area contributed by atoms with Crippen molar-refractivity contribution in [3.8, 4) is 0 Å². The van der Waals surface area contributed by atoms with E-state index in [1.807, 2.05) is 32.3 Å². The molecule has 1 aromatic rings. The fourth-order valence-electron chi connectivity index (χ4n) is 0.872. The van der Waals surface area contributed by atoms with Gasteiger partial charge in [-0.15, -0.1) is 0 Å². The second-order valence-electron chi connectivity index (χ2n) is 2.99. The average molecular weight is 255 g/mol. The van der Waals surface area contributed by atoms with Crippen LogP contribution in [0.1, 0.15) is 10.4 Å². The van der Waals surface area contributed by atoms with Crippen LogP contribution in [0.2, 0.25) is 0 Å². The minimum atomic E-state index is -0.244. The van der Waals surface area contributed by atoms with Crippen molar-refractivity contribution < 1.29 is 4.79 Å². The molecule has 0 saturated heterocycles. The van der Waals surface area contributed by atoms with E-state index >= 15 is 0 Å². The summed E-state index contributed by atoms with van der Waals surface area (Å²) in [5.41, 5.74) is 0.575. The lowest BCUT2D eigenvalue weighted by Crippen LogP contribution is -2.09. The van der Waals surface area contributed by atoms with E-state index in [1.165, 1.54) is 6.34 Å². The number of nitrogens with zero attached hydrogens (tertiary/aromatic N) is 2. The maximum absolute atomic E-state index is 11.5. The van der Waals surface area contributed by atoms with Crippen LogP contribution in [0.5, 0.6) is 0 Å². The Hall–Kier alpha value is -1.16. The minimum Gasteiger partial charge on any atom is -0.369 e. The van der Waals surface area contributed by atoms with Crippen LogP contribution in [-0.4, -0.2) is 31.2 Å². The topological polar surface area (TPSA) is 32.7 Å². The summed E-state index contributed by atoms with van der Waals surface area (Å²) < 4.78 is 0.765. The summed E-state index contributed by atoms with van der Waals surface area (Å²) in [6.45, 7) is 0. The van der Waals surface area contributed by atoms with E-state index < -0.39 is 0 Å². The SMILES string of the molecule is CN(C)C=NC(=O)c1ccccc1Br. The van der Waals surface area contributed by atoms with E-state index in [0.29, 0.717) is 5.56 Å². The molecule has 0 aromatic heterocycles. The van der Waals surface area contributed by atoms with Gasteiger partial charge in [0.1, 0.15) is 0 Å². The number of aliphatic imine (C=N–C) groups is 1. The van der Waals surface area contributed by atoms with Crippen molar-refractivity contribution in [2.75, 3.05) is 14.1 Å². The van der Waals surface area contributed by atoms with Crippen LogP contribution in [-0.2, 0) is 0 Å². The molecule has 74 valence electrons. The van der Waals surface area contributed by atoms with Gasteiger partial charge in [0.2, 0.25) is 0 Å². The normalized spacial score (nSPS) is 10.5. The predicted molar refractivity (Wildman–Crippen MR) is 60.7 cm³/mol. The molecule has 0 aliphatic heterocycles. The highest BCUT2D eigenvalue weighted by Gasteiger charge is 2.06. The van der Waals surface area contributed by atoms with E-state index in [4.69, 9.17) is 0 Å². The summed E-state index contributed by atoms with van der Waals surface area (Å²) in [7, 11) is 3.63. The quantitative estimate of drug-likeness (QED) is 0.599. The van der Waals surface area contributed by atoms with Gasteiger partial charge in [0, 0.05) is 18.6 Å². The third-order valence-corrected chi connectivity index (χ3v) is 2.20. The number of carbonyl (C=O) groups excluding carboxylic acids is 1. The number of benzene rings is 1. The molecule has 0 atom stereocenters. The fraction of sp³-hybridized carbons (Fsp3) is 0.200. The van der Waals surface area contributed by atoms with E-state index in [2.05, 4.69) is 20.9 Å². The van der Waals surface area contributed by atoms with Crippen LogP contribution >= 0.6 is 15.9 Å². The zero-order chi connectivity index (χ0) is 10.6. The van der Waals surface area contributed by atoms with Crippen LogP contribution in [0.25, 0.3) is 0 Å². The summed E-state index contributed by atoms with van der Waals surface area (Å²) in [6.07, 6.45) is 1.49. The molecule has 0 N–H and O–H groups in total. The van der Waals surface area contributed by atoms with Crippen molar-refractivity contribution in [3.05, 3.63) is 34.3 Å². The lowest BCUT2D eigenvalue weighted by Gasteiger charge is -2.02. The summed E-state index contributed by atoms with van der Waals surface area (Å²) in [4.78, 5) is 17.0. The maximum Gasteiger partial charge on any atom is 0.279 e. The molecule has 0 aliphatic rings. The van der Waals surface area contributed by atoms with Crippen molar-refractivity contribution in [1.82, 2.24) is 4.90 Å². The second-order valence-corrected chi connectivity index (χ2v) is 3.85. The van der Waals surface area contributed by atoms with E-state index in [0.717, 1.165) is 4.47 Å². The Balaban J connectivity index is 2.85. The first-order valence-corrected chi connectivity index (χ1v) is 4.90. The molecule has 0 bridgehead atoms. The van der Waals surface area contributed by atoms with Crippen LogP contribution in [0, 0.1) is 0 Å². The highest BCUT2D eigenvalue weighted by molar-refractivity contribution is 9.10. The summed E-state index contributed by atoms with van der Waals surface area (Å²) >= 11 is 3.30. The van der Waals surface area contributed by atoms with Crippen LogP contribution in [0.3, 0.4) is 0 Å². The third kappa shape index (κ3) is 2.96. The molecule has 0 heterocycles. The maximum atomic E-state index is 11.5. The Morgan fingerprint density at radius 2 is 2.07 bits per heavy atom. The smallest absolute Gasteiger partial charge is 0.279 e. The molecule has 0 spiro atoms. The molecule has 0 saturated carbocycles. The number of halogens is 1. The van der Waals surface area contributed by atoms with Crippen molar-refractivity contribution in [2.45, 2.75) is 0 Å². The zero-order valence-corrected chi connectivity index (χ0v) is 9.65. The summed E-state index contributed by atoms with van der Waals surface area (Å²) in [5.74, 6) is -0.244. The Morgan fingerprint density at radius 3 is 2.64 bits per heavy atom. The van der Waals surface area contributed by atoms with Gasteiger partial charge in [-0.3, -0.25) is 4.79 Å². The Bertz CT molecular complexity index is 361. The van der Waals surface area contributed by atoms with Crippen molar-refractivity contribution in [2.24, 2.45) is 4.99 Å². The molecular formula is C10H11BrN2O. The number of hydrogen-bond acceptors (Lipinski definition) is 1. The molecular weight excluding hydrogens is 244 g/mol. The first kappa shape index (κ1) is 10.9. The van der Waals surface area contributed by atoms with Crippen molar-refractivity contribution in [1.29, 1.82) is 0 Å². The van der Waals surface area contributed by atoms with Crippen LogP contribution < -0.4 is 0 Å². The first-order valence-electron chi connectivity index (χ1n) is 4.10. The molecule has 0 radical (unpaired) electrons. The Morgan fingerprint density at radius 1 is 1.43 bits per heavy atom. The van der Waals surface area contributed by atoms with E-state index in [9.17, 15) is 4.79 Å². The monoisotopic (exact) mass is 254 g/mol. The molecule has 3 nitrogen and oxygen atoms in total. The Labute approximate surface area is 91.6 Å². The van der Waals surface area contributed by atoms with Gasteiger partial charge in [-0.1, -0.05) is 12.1 Å². The van der Waals surface area contributed by atoms with Gasteiger partial charge in [0.05, 0.1) is 11.9 Å². The highest BCUT2D eigenvalue weighted by atomic mass is 79.9. The standard InChI is InChI=1S/C10H11BrN2O/c1-13(2)7-12-10(14)8-5-3-4-6-9(8)11/h3-7H,1-2H3. The first-order chi connectivity index (χ1) is 6.61. The van der Waals surface area contributed by atoms with Gasteiger partial charge in [-0.05, 0) is 28.1 Å². The number of amides is 1. The van der Waals surface area contributed by atoms with Gasteiger partial charge >= 0.3 is 0 Å². The third-order valence-electron chi connectivity index (χ3n) is 1.51. The second kappa shape index (κ2) is 4.91. The van der Waals surface area contributed by atoms with Gasteiger partial charge in [-0.2, -0.15) is 4.99 Å². The lowest BCUT2D eigenvalue weighted by atomic mass is 10.2. The van der Waals surface area contributed by atoms with E-state index in [-0.39, 0.29) is 5.91 Å². The molecule has 0 aliphatic carbocycles. The van der Waals surface area contributed by atoms with Gasteiger partial charge in [-0.25, -0.2) is 0 Å². The van der Waals surface area contributed by atoms with Crippen molar-refractivity contribution in [3.63, 3.8) is 0 Å².